The average Bonchev–Trinajstić information content (AvgIpc) is 2.40. The third kappa shape index (κ3) is 3.95. The van der Waals surface area contributed by atoms with E-state index < -0.39 is 5.41 Å². The van der Waals surface area contributed by atoms with Crippen LogP contribution in [0.25, 0.3) is 0 Å². The number of nitriles is 1. The van der Waals surface area contributed by atoms with Gasteiger partial charge in [0.25, 0.3) is 0 Å². The number of hydrogen-bond acceptors (Lipinski definition) is 4. The average molecular weight is 262 g/mol. The molecule has 0 fully saturated rings. The van der Waals surface area contributed by atoms with Crippen LogP contribution in [0.4, 0.5) is 5.69 Å². The molecule has 0 aliphatic rings. The van der Waals surface area contributed by atoms with Gasteiger partial charge in [-0.05, 0) is 38.5 Å². The highest BCUT2D eigenvalue weighted by Crippen LogP contribution is 2.24. The van der Waals surface area contributed by atoms with Crippen LogP contribution < -0.4 is 5.32 Å². The highest BCUT2D eigenvalue weighted by atomic mass is 16.7. The first-order valence-electron chi connectivity index (χ1n) is 6.28. The Kier molecular flexibility index (Phi) is 5.34. The minimum atomic E-state index is -0.467. The van der Waals surface area contributed by atoms with E-state index in [1.54, 1.807) is 14.2 Å². The van der Waals surface area contributed by atoms with E-state index in [1.807, 2.05) is 45.0 Å². The van der Waals surface area contributed by atoms with Crippen LogP contribution in [0.3, 0.4) is 0 Å². The van der Waals surface area contributed by atoms with Gasteiger partial charge in [-0.3, -0.25) is 0 Å². The quantitative estimate of drug-likeness (QED) is 0.801. The Morgan fingerprint density at radius 2 is 1.68 bits per heavy atom. The van der Waals surface area contributed by atoms with E-state index in [-0.39, 0.29) is 12.3 Å². The van der Waals surface area contributed by atoms with E-state index in [4.69, 9.17) is 14.7 Å². The molecule has 0 aliphatic carbocycles. The van der Waals surface area contributed by atoms with Crippen molar-refractivity contribution in [1.82, 2.24) is 0 Å². The van der Waals surface area contributed by atoms with Gasteiger partial charge in [-0.2, -0.15) is 5.26 Å². The second-order valence-electron chi connectivity index (χ2n) is 5.09. The van der Waals surface area contributed by atoms with Gasteiger partial charge >= 0.3 is 0 Å². The fourth-order valence-corrected chi connectivity index (χ4v) is 1.88. The molecule has 0 aromatic heterocycles. The molecule has 0 bridgehead atoms. The Morgan fingerprint density at radius 3 is 2.11 bits per heavy atom. The van der Waals surface area contributed by atoms with Crippen LogP contribution in [0.5, 0.6) is 0 Å². The maximum atomic E-state index is 9.10. The fraction of sp³-hybridized carbons (Fsp3) is 0.533. The Labute approximate surface area is 115 Å². The summed E-state index contributed by atoms with van der Waals surface area (Å²) in [5, 5.41) is 12.4. The van der Waals surface area contributed by atoms with Crippen LogP contribution in [0.15, 0.2) is 24.3 Å². The molecule has 19 heavy (non-hydrogen) atoms. The number of ether oxygens (including phenoxy) is 2. The van der Waals surface area contributed by atoms with E-state index >= 15 is 0 Å². The summed E-state index contributed by atoms with van der Waals surface area (Å²) in [6, 6.07) is 10.2. The van der Waals surface area contributed by atoms with Gasteiger partial charge in [-0.1, -0.05) is 12.1 Å². The second kappa shape index (κ2) is 6.55. The van der Waals surface area contributed by atoms with Gasteiger partial charge in [0, 0.05) is 19.9 Å². The molecule has 104 valence electrons. The van der Waals surface area contributed by atoms with E-state index in [0.29, 0.717) is 0 Å². The highest BCUT2D eigenvalue weighted by Gasteiger charge is 2.20. The standard InChI is InChI=1S/C15H22N2O2/c1-11(14(18-4)19-5)17-13-8-6-12(7-9-13)15(2,3)10-16/h6-9,11,14,17H,1-5H3. The molecule has 0 saturated heterocycles. The number of nitrogens with zero attached hydrogens (tertiary/aromatic N) is 1. The van der Waals surface area contributed by atoms with Gasteiger partial charge in [0.05, 0.1) is 17.5 Å². The van der Waals surface area contributed by atoms with E-state index in [2.05, 4.69) is 11.4 Å². The van der Waals surface area contributed by atoms with Crippen LogP contribution >= 0.6 is 0 Å². The zero-order valence-electron chi connectivity index (χ0n) is 12.2. The van der Waals surface area contributed by atoms with Crippen molar-refractivity contribution in [1.29, 1.82) is 5.26 Å². The number of methoxy groups -OCH3 is 2. The van der Waals surface area contributed by atoms with Crippen LogP contribution in [-0.4, -0.2) is 26.6 Å². The minimum Gasteiger partial charge on any atom is -0.377 e. The second-order valence-corrected chi connectivity index (χ2v) is 5.09. The number of benzene rings is 1. The molecule has 0 amide bonds. The molecule has 0 aliphatic heterocycles. The number of rotatable bonds is 6. The molecule has 1 unspecified atom stereocenters. The van der Waals surface area contributed by atoms with E-state index in [1.165, 1.54) is 0 Å². The van der Waals surface area contributed by atoms with E-state index in [9.17, 15) is 0 Å². The lowest BCUT2D eigenvalue weighted by Crippen LogP contribution is -2.33. The maximum absolute atomic E-state index is 9.10. The van der Waals surface area contributed by atoms with Crippen molar-refractivity contribution < 1.29 is 9.47 Å². The lowest BCUT2D eigenvalue weighted by molar-refractivity contribution is -0.109. The molecule has 0 radical (unpaired) electrons. The predicted octanol–water partition coefficient (Wildman–Crippen LogP) is 2.91. The predicted molar refractivity (Wildman–Crippen MR) is 76.0 cm³/mol. The van der Waals surface area contributed by atoms with Crippen molar-refractivity contribution in [2.45, 2.75) is 38.5 Å². The molecule has 1 rings (SSSR count). The monoisotopic (exact) mass is 262 g/mol. The first-order chi connectivity index (χ1) is 8.94. The zero-order valence-corrected chi connectivity index (χ0v) is 12.2. The summed E-state index contributed by atoms with van der Waals surface area (Å²) >= 11 is 0. The molecule has 0 spiro atoms. The third-order valence-electron chi connectivity index (χ3n) is 3.15. The largest absolute Gasteiger partial charge is 0.377 e. The summed E-state index contributed by atoms with van der Waals surface area (Å²) in [5.74, 6) is 0. The molecule has 1 aromatic rings. The number of anilines is 1. The van der Waals surface area contributed by atoms with Gasteiger partial charge < -0.3 is 14.8 Å². The van der Waals surface area contributed by atoms with Gasteiger partial charge in [0.2, 0.25) is 0 Å². The van der Waals surface area contributed by atoms with Crippen molar-refractivity contribution in [3.63, 3.8) is 0 Å². The van der Waals surface area contributed by atoms with Crippen molar-refractivity contribution in [3.05, 3.63) is 29.8 Å². The Balaban J connectivity index is 2.76. The molecule has 1 atom stereocenters. The van der Waals surface area contributed by atoms with Gasteiger partial charge in [-0.15, -0.1) is 0 Å². The first-order valence-corrected chi connectivity index (χ1v) is 6.28. The SMILES string of the molecule is COC(OC)C(C)Nc1ccc(C(C)(C)C#N)cc1. The van der Waals surface area contributed by atoms with Gasteiger partial charge in [-0.25, -0.2) is 0 Å². The van der Waals surface area contributed by atoms with Crippen LogP contribution in [0, 0.1) is 11.3 Å². The molecule has 4 heteroatoms. The molecule has 1 aromatic carbocycles. The molecule has 0 saturated carbocycles. The highest BCUT2D eigenvalue weighted by molar-refractivity contribution is 5.47. The summed E-state index contributed by atoms with van der Waals surface area (Å²) in [6.45, 7) is 5.80. The Bertz CT molecular complexity index is 430. The number of hydrogen-bond donors (Lipinski definition) is 1. The Morgan fingerprint density at radius 1 is 1.16 bits per heavy atom. The van der Waals surface area contributed by atoms with Crippen molar-refractivity contribution >= 4 is 5.69 Å². The first kappa shape index (κ1) is 15.5. The summed E-state index contributed by atoms with van der Waals surface area (Å²) in [4.78, 5) is 0. The molecule has 4 nitrogen and oxygen atoms in total. The summed E-state index contributed by atoms with van der Waals surface area (Å²) in [5.41, 5.74) is 1.51. The Hall–Kier alpha value is -1.57. The summed E-state index contributed by atoms with van der Waals surface area (Å²) in [7, 11) is 3.23. The molecule has 1 N–H and O–H groups in total. The molecule has 0 heterocycles. The number of nitrogens with one attached hydrogen (secondary N) is 1. The van der Waals surface area contributed by atoms with Gasteiger partial charge in [0.1, 0.15) is 0 Å². The lowest BCUT2D eigenvalue weighted by atomic mass is 9.86. The minimum absolute atomic E-state index is 0.0322. The van der Waals surface area contributed by atoms with Crippen molar-refractivity contribution in [2.75, 3.05) is 19.5 Å². The fourth-order valence-electron chi connectivity index (χ4n) is 1.88. The molecular formula is C15H22N2O2. The summed E-state index contributed by atoms with van der Waals surface area (Å²) in [6.07, 6.45) is -0.296. The topological polar surface area (TPSA) is 54.3 Å². The lowest BCUT2D eigenvalue weighted by Gasteiger charge is -2.23. The maximum Gasteiger partial charge on any atom is 0.176 e. The van der Waals surface area contributed by atoms with Crippen LogP contribution in [0.1, 0.15) is 26.3 Å². The van der Waals surface area contributed by atoms with Crippen molar-refractivity contribution in [3.8, 4) is 6.07 Å². The van der Waals surface area contributed by atoms with Crippen LogP contribution in [0.2, 0.25) is 0 Å². The van der Waals surface area contributed by atoms with Crippen molar-refractivity contribution in [2.24, 2.45) is 0 Å². The molecular weight excluding hydrogens is 240 g/mol. The third-order valence-corrected chi connectivity index (χ3v) is 3.15. The van der Waals surface area contributed by atoms with Crippen LogP contribution in [-0.2, 0) is 14.9 Å². The van der Waals surface area contributed by atoms with E-state index in [0.717, 1.165) is 11.3 Å². The van der Waals surface area contributed by atoms with Gasteiger partial charge in [0.15, 0.2) is 6.29 Å². The normalized spacial score (nSPS) is 13.1. The summed E-state index contributed by atoms with van der Waals surface area (Å²) < 4.78 is 10.4. The smallest absolute Gasteiger partial charge is 0.176 e. The zero-order chi connectivity index (χ0) is 14.5.